The molecule has 196 valence electrons. The fraction of sp³-hybridized carbons (Fsp3) is 0.185. The number of thiocarbonyl (C=S) groups is 1. The number of aromatic nitrogens is 2. The molecule has 2 unspecified atom stereocenters. The Morgan fingerprint density at radius 3 is 2.39 bits per heavy atom. The quantitative estimate of drug-likeness (QED) is 0.312. The number of rotatable bonds is 8. The van der Waals surface area contributed by atoms with Crippen molar-refractivity contribution in [3.05, 3.63) is 96.6 Å². The second kappa shape index (κ2) is 10.3. The topological polar surface area (TPSA) is 97.7 Å². The number of nitrogens with zero attached hydrogens (tertiary/aromatic N) is 3. The van der Waals surface area contributed by atoms with E-state index in [1.54, 1.807) is 25.4 Å². The van der Waals surface area contributed by atoms with E-state index in [0.29, 0.717) is 16.5 Å². The van der Waals surface area contributed by atoms with Crippen molar-refractivity contribution < 1.29 is 17.9 Å². The van der Waals surface area contributed by atoms with Gasteiger partial charge in [-0.25, -0.2) is 8.42 Å². The van der Waals surface area contributed by atoms with E-state index in [1.165, 1.54) is 7.11 Å². The SMILES string of the molecule is COc1ccc(-n2cccc2C2C(c3ccccn3)NC(=S)N2c2ccc(NS(C)(=O)=O)c(OC)c2)cc1. The highest BCUT2D eigenvalue weighted by atomic mass is 32.2. The molecule has 1 saturated heterocycles. The summed E-state index contributed by atoms with van der Waals surface area (Å²) in [5.74, 6) is 1.15. The molecular formula is C27H27N5O4S2. The Kier molecular flexibility index (Phi) is 6.96. The maximum Gasteiger partial charge on any atom is 0.229 e. The Morgan fingerprint density at radius 2 is 1.74 bits per heavy atom. The molecule has 5 rings (SSSR count). The molecule has 9 nitrogen and oxygen atoms in total. The third kappa shape index (κ3) is 5.02. The predicted octanol–water partition coefficient (Wildman–Crippen LogP) is 4.44. The number of pyridine rings is 1. The van der Waals surface area contributed by atoms with E-state index in [4.69, 9.17) is 21.7 Å². The highest BCUT2D eigenvalue weighted by Gasteiger charge is 2.42. The predicted molar refractivity (Wildman–Crippen MR) is 152 cm³/mol. The van der Waals surface area contributed by atoms with Gasteiger partial charge in [0.25, 0.3) is 0 Å². The van der Waals surface area contributed by atoms with Gasteiger partial charge in [-0.3, -0.25) is 9.71 Å². The van der Waals surface area contributed by atoms with Crippen LogP contribution >= 0.6 is 12.2 Å². The Bertz CT molecular complexity index is 1560. The van der Waals surface area contributed by atoms with Gasteiger partial charge in [-0.05, 0) is 72.9 Å². The minimum atomic E-state index is -3.49. The normalized spacial score (nSPS) is 17.2. The third-order valence-corrected chi connectivity index (χ3v) is 7.20. The van der Waals surface area contributed by atoms with Crippen molar-refractivity contribution in [2.45, 2.75) is 12.1 Å². The van der Waals surface area contributed by atoms with Gasteiger partial charge in [0.05, 0.1) is 37.9 Å². The molecule has 2 aromatic heterocycles. The Balaban J connectivity index is 1.63. The molecule has 0 amide bonds. The molecule has 11 heteroatoms. The van der Waals surface area contributed by atoms with Crippen molar-refractivity contribution in [1.29, 1.82) is 0 Å². The van der Waals surface area contributed by atoms with E-state index < -0.39 is 10.0 Å². The summed E-state index contributed by atoms with van der Waals surface area (Å²) in [6.07, 6.45) is 4.86. The molecule has 1 aliphatic heterocycles. The maximum atomic E-state index is 11.9. The molecule has 2 atom stereocenters. The zero-order chi connectivity index (χ0) is 26.9. The molecule has 0 radical (unpaired) electrons. The van der Waals surface area contributed by atoms with Crippen LogP contribution in [0.25, 0.3) is 5.69 Å². The second-order valence-corrected chi connectivity index (χ2v) is 10.9. The van der Waals surface area contributed by atoms with Gasteiger partial charge in [-0.15, -0.1) is 0 Å². The van der Waals surface area contributed by atoms with E-state index in [-0.39, 0.29) is 12.1 Å². The van der Waals surface area contributed by atoms with Gasteiger partial charge in [0, 0.05) is 35.5 Å². The van der Waals surface area contributed by atoms with Crippen LogP contribution in [0, 0.1) is 0 Å². The van der Waals surface area contributed by atoms with Gasteiger partial charge in [0.15, 0.2) is 5.11 Å². The Morgan fingerprint density at radius 1 is 0.974 bits per heavy atom. The lowest BCUT2D eigenvalue weighted by Gasteiger charge is -2.29. The van der Waals surface area contributed by atoms with Gasteiger partial charge < -0.3 is 24.3 Å². The molecule has 2 aromatic carbocycles. The molecule has 4 aromatic rings. The van der Waals surface area contributed by atoms with Crippen LogP contribution in [0.15, 0.2) is 85.2 Å². The average Bonchev–Trinajstić information content (AvgIpc) is 3.53. The first-order chi connectivity index (χ1) is 18.3. The zero-order valence-electron chi connectivity index (χ0n) is 21.0. The molecule has 2 N–H and O–H groups in total. The molecule has 1 aliphatic rings. The fourth-order valence-corrected chi connectivity index (χ4v) is 5.57. The van der Waals surface area contributed by atoms with E-state index in [0.717, 1.165) is 34.8 Å². The van der Waals surface area contributed by atoms with Crippen molar-refractivity contribution in [3.63, 3.8) is 0 Å². The summed E-state index contributed by atoms with van der Waals surface area (Å²) in [4.78, 5) is 6.63. The summed E-state index contributed by atoms with van der Waals surface area (Å²) in [6, 6.07) is 22.4. The average molecular weight is 550 g/mol. The van der Waals surface area contributed by atoms with E-state index >= 15 is 0 Å². The first-order valence-corrected chi connectivity index (χ1v) is 14.1. The molecule has 38 heavy (non-hydrogen) atoms. The number of methoxy groups -OCH3 is 2. The van der Waals surface area contributed by atoms with Crippen molar-refractivity contribution >= 4 is 38.7 Å². The van der Waals surface area contributed by atoms with Crippen molar-refractivity contribution in [1.82, 2.24) is 14.9 Å². The van der Waals surface area contributed by atoms with Crippen molar-refractivity contribution in [2.75, 3.05) is 30.1 Å². The van der Waals surface area contributed by atoms with Gasteiger partial charge in [-0.2, -0.15) is 0 Å². The summed E-state index contributed by atoms with van der Waals surface area (Å²) in [6.45, 7) is 0. The van der Waals surface area contributed by atoms with Gasteiger partial charge in [0.2, 0.25) is 10.0 Å². The van der Waals surface area contributed by atoms with Crippen molar-refractivity contribution in [3.8, 4) is 17.2 Å². The minimum Gasteiger partial charge on any atom is -0.497 e. The highest BCUT2D eigenvalue weighted by molar-refractivity contribution is 7.92. The summed E-state index contributed by atoms with van der Waals surface area (Å²) in [7, 11) is -0.350. The van der Waals surface area contributed by atoms with Crippen LogP contribution in [-0.4, -0.2) is 43.6 Å². The zero-order valence-corrected chi connectivity index (χ0v) is 22.7. The second-order valence-electron chi connectivity index (χ2n) is 8.76. The molecule has 0 bridgehead atoms. The number of sulfonamides is 1. The number of ether oxygens (including phenoxy) is 2. The van der Waals surface area contributed by atoms with Gasteiger partial charge in [0.1, 0.15) is 17.5 Å². The number of benzene rings is 2. The first-order valence-electron chi connectivity index (χ1n) is 11.8. The molecule has 1 fully saturated rings. The maximum absolute atomic E-state index is 11.9. The van der Waals surface area contributed by atoms with Crippen LogP contribution in [0.2, 0.25) is 0 Å². The number of hydrogen-bond donors (Lipinski definition) is 2. The van der Waals surface area contributed by atoms with Crippen LogP contribution in [0.1, 0.15) is 23.5 Å². The third-order valence-electron chi connectivity index (χ3n) is 6.29. The van der Waals surface area contributed by atoms with E-state index in [2.05, 4.69) is 25.7 Å². The summed E-state index contributed by atoms with van der Waals surface area (Å²) in [5, 5.41) is 3.97. The lowest BCUT2D eigenvalue weighted by atomic mass is 10.0. The summed E-state index contributed by atoms with van der Waals surface area (Å²) < 4.78 is 39.2. The smallest absolute Gasteiger partial charge is 0.229 e. The van der Waals surface area contributed by atoms with Gasteiger partial charge >= 0.3 is 0 Å². The van der Waals surface area contributed by atoms with Crippen LogP contribution in [0.3, 0.4) is 0 Å². The fourth-order valence-electron chi connectivity index (χ4n) is 4.66. The summed E-state index contributed by atoms with van der Waals surface area (Å²) >= 11 is 5.85. The van der Waals surface area contributed by atoms with E-state index in [1.807, 2.05) is 65.7 Å². The Hall–Kier alpha value is -4.09. The van der Waals surface area contributed by atoms with Crippen LogP contribution < -0.4 is 24.4 Å². The minimum absolute atomic E-state index is 0.254. The van der Waals surface area contributed by atoms with E-state index in [9.17, 15) is 8.42 Å². The standard InChI is InChI=1S/C27H27N5O4S2/c1-35-20-12-9-18(10-13-20)31-16-6-8-23(31)26-25(22-7-4-5-15-28-22)29-27(37)32(26)19-11-14-21(24(17-19)36-2)30-38(3,33)34/h4-17,25-26,30H,1-3H3,(H,29,37). The number of anilines is 2. The largest absolute Gasteiger partial charge is 0.497 e. The molecule has 0 aliphatic carbocycles. The molecule has 0 saturated carbocycles. The summed E-state index contributed by atoms with van der Waals surface area (Å²) in [5.41, 5.74) is 3.87. The van der Waals surface area contributed by atoms with Crippen LogP contribution in [0.4, 0.5) is 11.4 Å². The monoisotopic (exact) mass is 549 g/mol. The first kappa shape index (κ1) is 25.6. The lowest BCUT2D eigenvalue weighted by molar-refractivity contribution is 0.414. The van der Waals surface area contributed by atoms with Crippen molar-refractivity contribution in [2.24, 2.45) is 0 Å². The highest BCUT2D eigenvalue weighted by Crippen LogP contribution is 2.44. The molecular weight excluding hydrogens is 522 g/mol. The Labute approximate surface area is 227 Å². The molecule has 3 heterocycles. The lowest BCUT2D eigenvalue weighted by Crippen LogP contribution is -2.30. The van der Waals surface area contributed by atoms with Crippen LogP contribution in [-0.2, 0) is 10.0 Å². The van der Waals surface area contributed by atoms with Crippen LogP contribution in [0.5, 0.6) is 11.5 Å². The van der Waals surface area contributed by atoms with Gasteiger partial charge in [-0.1, -0.05) is 6.07 Å². The number of hydrogen-bond acceptors (Lipinski definition) is 6. The number of nitrogens with one attached hydrogen (secondary N) is 2. The molecule has 0 spiro atoms.